The zero-order valence-electron chi connectivity index (χ0n) is 33.9. The molecule has 0 radical (unpaired) electrons. The van der Waals surface area contributed by atoms with Crippen LogP contribution in [-0.4, -0.2) is 45.7 Å². The van der Waals surface area contributed by atoms with Crippen molar-refractivity contribution in [3.63, 3.8) is 0 Å². The number of thioether (sulfide) groups is 1. The molecular weight excluding hydrogens is 695 g/mol. The van der Waals surface area contributed by atoms with Gasteiger partial charge in [0.2, 0.25) is 0 Å². The number of nitrogens with one attached hydrogen (secondary N) is 1. The Morgan fingerprint density at radius 2 is 1.37 bits per heavy atom. The van der Waals surface area contributed by atoms with E-state index < -0.39 is 11.9 Å². The molecule has 2 aromatic carbocycles. The number of ether oxygens (including phenoxy) is 3. The first-order chi connectivity index (χ1) is 26.1. The van der Waals surface area contributed by atoms with Crippen LogP contribution in [0.25, 0.3) is 22.2 Å². The summed E-state index contributed by atoms with van der Waals surface area (Å²) in [4.78, 5) is 41.2. The second-order valence-corrected chi connectivity index (χ2v) is 15.7. The lowest BCUT2D eigenvalue weighted by Crippen LogP contribution is -2.21. The highest BCUT2D eigenvalue weighted by atomic mass is 32.2. The van der Waals surface area contributed by atoms with Crippen molar-refractivity contribution in [2.75, 3.05) is 6.61 Å². The van der Waals surface area contributed by atoms with Crippen LogP contribution >= 0.6 is 11.8 Å². The number of H-pyrrole nitrogens is 1. The van der Waals surface area contributed by atoms with Crippen LogP contribution < -0.4 is 4.74 Å². The average Bonchev–Trinajstić information content (AvgIpc) is 3.55. The van der Waals surface area contributed by atoms with E-state index >= 15 is 0 Å². The number of imidazole rings is 1. The summed E-state index contributed by atoms with van der Waals surface area (Å²) in [5.41, 5.74) is 5.51. The van der Waals surface area contributed by atoms with Gasteiger partial charge in [-0.3, -0.25) is 4.98 Å². The second kappa shape index (κ2) is 22.5. The quantitative estimate of drug-likeness (QED) is 0.0428. The van der Waals surface area contributed by atoms with Gasteiger partial charge in [-0.25, -0.2) is 14.6 Å². The Kier molecular flexibility index (Phi) is 17.9. The van der Waals surface area contributed by atoms with Crippen molar-refractivity contribution in [3.8, 4) is 16.9 Å². The number of carbonyl (C=O) groups excluding carboxylic acids is 2. The van der Waals surface area contributed by atoms with Gasteiger partial charge in [0.25, 0.3) is 0 Å². The average molecular weight is 758 g/mol. The van der Waals surface area contributed by atoms with E-state index in [9.17, 15) is 9.59 Å². The van der Waals surface area contributed by atoms with Gasteiger partial charge in [0, 0.05) is 16.9 Å². The number of benzene rings is 2. The minimum Gasteiger partial charge on any atom is -0.490 e. The van der Waals surface area contributed by atoms with Crippen LogP contribution in [0.4, 0.5) is 0 Å². The maximum Gasteiger partial charge on any atom is 0.340 e. The molecule has 2 heterocycles. The minimum absolute atomic E-state index is 0.140. The molecule has 1 N–H and O–H groups in total. The molecule has 8 nitrogen and oxygen atoms in total. The number of esters is 2. The molecule has 4 rings (SSSR count). The lowest BCUT2D eigenvalue weighted by molar-refractivity contribution is 0.0377. The summed E-state index contributed by atoms with van der Waals surface area (Å²) in [6.07, 6.45) is 16.8. The van der Waals surface area contributed by atoms with Crippen LogP contribution in [-0.2, 0) is 21.6 Å². The minimum atomic E-state index is -0.537. The molecule has 2 aromatic heterocycles. The molecule has 0 fully saturated rings. The molecule has 0 aliphatic rings. The molecule has 0 saturated heterocycles. The summed E-state index contributed by atoms with van der Waals surface area (Å²) >= 11 is 1.45. The van der Waals surface area contributed by atoms with Crippen LogP contribution in [0.15, 0.2) is 47.6 Å². The van der Waals surface area contributed by atoms with Gasteiger partial charge in [0.15, 0.2) is 5.16 Å². The molecule has 0 amide bonds. The number of para-hydroxylation sites is 2. The Hall–Kier alpha value is -3.85. The number of rotatable bonds is 24. The van der Waals surface area contributed by atoms with Crippen LogP contribution in [0.5, 0.6) is 5.75 Å². The summed E-state index contributed by atoms with van der Waals surface area (Å²) in [6, 6.07) is 13.9. The molecule has 0 unspecified atom stereocenters. The van der Waals surface area contributed by atoms with E-state index in [1.807, 2.05) is 64.1 Å². The molecule has 9 heteroatoms. The maximum atomic E-state index is 14.3. The Balaban J connectivity index is 1.68. The zero-order valence-corrected chi connectivity index (χ0v) is 34.7. The zero-order chi connectivity index (χ0) is 38.9. The number of carbonyl (C=O) groups is 2. The van der Waals surface area contributed by atoms with Gasteiger partial charge in [-0.15, -0.1) is 0 Å². The van der Waals surface area contributed by atoms with Gasteiger partial charge in [0.1, 0.15) is 5.75 Å². The second-order valence-electron chi connectivity index (χ2n) is 14.7. The van der Waals surface area contributed by atoms with E-state index in [-0.39, 0.29) is 29.9 Å². The van der Waals surface area contributed by atoms with Gasteiger partial charge in [0.05, 0.1) is 52.4 Å². The molecular formula is C45H63N3O5S. The summed E-state index contributed by atoms with van der Waals surface area (Å²) in [6.45, 7) is 13.7. The molecule has 54 heavy (non-hydrogen) atoms. The van der Waals surface area contributed by atoms with Gasteiger partial charge in [-0.2, -0.15) is 0 Å². The molecule has 0 spiro atoms. The fourth-order valence-electron chi connectivity index (χ4n) is 6.95. The van der Waals surface area contributed by atoms with Gasteiger partial charge < -0.3 is 19.2 Å². The predicted molar refractivity (Wildman–Crippen MR) is 222 cm³/mol. The first-order valence-electron chi connectivity index (χ1n) is 20.4. The smallest absolute Gasteiger partial charge is 0.340 e. The Morgan fingerprint density at radius 3 is 1.98 bits per heavy atom. The summed E-state index contributed by atoms with van der Waals surface area (Å²) < 4.78 is 18.0. The van der Waals surface area contributed by atoms with E-state index in [1.165, 1.54) is 82.4 Å². The highest BCUT2D eigenvalue weighted by Crippen LogP contribution is 2.42. The maximum absolute atomic E-state index is 14.3. The van der Waals surface area contributed by atoms with E-state index in [0.717, 1.165) is 41.4 Å². The number of aromatic nitrogens is 3. The number of hydrogen-bond donors (Lipinski definition) is 1. The summed E-state index contributed by atoms with van der Waals surface area (Å²) in [5, 5.41) is 0.710. The number of nitrogens with zero attached hydrogens (tertiary/aromatic N) is 2. The number of pyridine rings is 1. The summed E-state index contributed by atoms with van der Waals surface area (Å²) in [5.74, 6) is -0.132. The van der Waals surface area contributed by atoms with Crippen LogP contribution in [0.2, 0.25) is 0 Å². The summed E-state index contributed by atoms with van der Waals surface area (Å²) in [7, 11) is 0. The number of unbranched alkanes of at least 4 members (excludes halogenated alkanes) is 12. The normalized spacial score (nSPS) is 11.5. The third-order valence-electron chi connectivity index (χ3n) is 9.47. The topological polar surface area (TPSA) is 103 Å². The van der Waals surface area contributed by atoms with Crippen molar-refractivity contribution in [2.45, 2.75) is 161 Å². The number of hydrogen-bond acceptors (Lipinski definition) is 8. The molecule has 0 atom stereocenters. The fraction of sp³-hybridized carbons (Fsp3) is 0.556. The molecule has 4 aromatic rings. The molecule has 0 aliphatic heterocycles. The third kappa shape index (κ3) is 12.6. The van der Waals surface area contributed by atoms with E-state index in [0.29, 0.717) is 33.6 Å². The fourth-order valence-corrected chi connectivity index (χ4v) is 7.78. The van der Waals surface area contributed by atoms with Crippen LogP contribution in [0.1, 0.15) is 163 Å². The Bertz CT molecular complexity index is 1750. The van der Waals surface area contributed by atoms with Crippen molar-refractivity contribution in [3.05, 3.63) is 70.5 Å². The number of fused-ring (bicyclic) bond motifs is 1. The van der Waals surface area contributed by atoms with Crippen LogP contribution in [0.3, 0.4) is 0 Å². The largest absolute Gasteiger partial charge is 0.490 e. The van der Waals surface area contributed by atoms with Crippen molar-refractivity contribution >= 4 is 34.7 Å². The third-order valence-corrected chi connectivity index (χ3v) is 10.4. The van der Waals surface area contributed by atoms with Gasteiger partial charge in [-0.1, -0.05) is 120 Å². The monoisotopic (exact) mass is 757 g/mol. The Morgan fingerprint density at radius 1 is 0.722 bits per heavy atom. The first-order valence-corrected chi connectivity index (χ1v) is 21.4. The van der Waals surface area contributed by atoms with Crippen molar-refractivity contribution in [1.82, 2.24) is 15.0 Å². The predicted octanol–water partition coefficient (Wildman–Crippen LogP) is 12.4. The van der Waals surface area contributed by atoms with E-state index in [1.54, 1.807) is 13.8 Å². The standard InChI is InChI=1S/C45H63N3O5S/c1-8-10-11-12-13-14-15-16-17-18-19-20-21-25-34-26-24-29-38(52-31(3)4)40(34)42-39(43(49)51-9-2)33(7)46-37(41(42)44(50)53-32(5)6)30-54-45-47-35-27-22-23-28-36(35)48-45/h22-24,26-29,31-32H,8-21,25,30H2,1-7H3,(H,47,48). The number of aryl methyl sites for hydroxylation is 2. The van der Waals surface area contributed by atoms with Crippen molar-refractivity contribution < 1.29 is 23.8 Å². The highest BCUT2D eigenvalue weighted by molar-refractivity contribution is 7.98. The SMILES string of the molecule is CCCCCCCCCCCCCCCc1cccc(OC(C)C)c1-c1c(C(=O)OCC)c(C)nc(CSc2nc3ccccc3[nH]2)c1C(=O)OC(C)C. The van der Waals surface area contributed by atoms with Crippen molar-refractivity contribution in [2.24, 2.45) is 0 Å². The van der Waals surface area contributed by atoms with Crippen LogP contribution in [0, 0.1) is 6.92 Å². The van der Waals surface area contributed by atoms with Gasteiger partial charge >= 0.3 is 11.9 Å². The molecule has 0 aliphatic carbocycles. The van der Waals surface area contributed by atoms with Gasteiger partial charge in [-0.05, 0) is 78.1 Å². The molecule has 0 saturated carbocycles. The lowest BCUT2D eigenvalue weighted by atomic mass is 9.87. The lowest BCUT2D eigenvalue weighted by Gasteiger charge is -2.24. The Labute approximate surface area is 328 Å². The molecule has 0 bridgehead atoms. The number of aromatic amines is 1. The van der Waals surface area contributed by atoms with E-state index in [2.05, 4.69) is 18.0 Å². The molecule has 294 valence electrons. The van der Waals surface area contributed by atoms with E-state index in [4.69, 9.17) is 24.2 Å². The first kappa shape index (κ1) is 42.9. The highest BCUT2D eigenvalue weighted by Gasteiger charge is 2.32. The van der Waals surface area contributed by atoms with Crippen molar-refractivity contribution in [1.29, 1.82) is 0 Å².